The maximum atomic E-state index is 4.48. The molecule has 0 saturated heterocycles. The number of aryl methyl sites for hydroxylation is 1. The molecule has 0 bridgehead atoms. The van der Waals surface area contributed by atoms with Gasteiger partial charge in [-0.05, 0) is 25.1 Å². The molecule has 2 heterocycles. The van der Waals surface area contributed by atoms with E-state index >= 15 is 0 Å². The van der Waals surface area contributed by atoms with Crippen LogP contribution in [0.15, 0.2) is 36.5 Å². The number of hydrogen-bond donors (Lipinski definition) is 1. The minimum Gasteiger partial charge on any atom is -0.382 e. The lowest BCUT2D eigenvalue weighted by Gasteiger charge is -2.30. The normalized spacial score (nSPS) is 14.1. The van der Waals surface area contributed by atoms with E-state index in [-0.39, 0.29) is 0 Å². The first-order valence-electron chi connectivity index (χ1n) is 5.75. The molecule has 4 nitrogen and oxygen atoms in total. The molecule has 0 saturated carbocycles. The van der Waals surface area contributed by atoms with Gasteiger partial charge in [-0.2, -0.15) is 0 Å². The zero-order valence-electron chi connectivity index (χ0n) is 9.72. The summed E-state index contributed by atoms with van der Waals surface area (Å²) in [5, 5.41) is 3.38. The van der Waals surface area contributed by atoms with Gasteiger partial charge in [-0.15, -0.1) is 0 Å². The van der Waals surface area contributed by atoms with Crippen LogP contribution in [-0.2, 0) is 0 Å². The van der Waals surface area contributed by atoms with E-state index in [0.717, 1.165) is 36.1 Å². The van der Waals surface area contributed by atoms with Crippen LogP contribution in [0, 0.1) is 6.92 Å². The fraction of sp³-hybridized carbons (Fsp3) is 0.231. The number of benzene rings is 1. The summed E-state index contributed by atoms with van der Waals surface area (Å²) in [7, 11) is 0. The third-order valence-corrected chi connectivity index (χ3v) is 2.87. The lowest BCUT2D eigenvalue weighted by Crippen LogP contribution is -2.31. The average molecular weight is 226 g/mol. The Hall–Kier alpha value is -2.10. The summed E-state index contributed by atoms with van der Waals surface area (Å²) in [5.74, 6) is 0.777. The average Bonchev–Trinajstić information content (AvgIpc) is 2.38. The number of nitrogens with zero attached hydrogens (tertiary/aromatic N) is 3. The van der Waals surface area contributed by atoms with Crippen LogP contribution in [0.25, 0.3) is 0 Å². The van der Waals surface area contributed by atoms with Gasteiger partial charge in [0.25, 0.3) is 0 Å². The van der Waals surface area contributed by atoms with Crippen molar-refractivity contribution in [3.63, 3.8) is 0 Å². The van der Waals surface area contributed by atoms with Crippen LogP contribution in [0.5, 0.6) is 0 Å². The Balaban J connectivity index is 2.06. The van der Waals surface area contributed by atoms with Crippen LogP contribution in [0.1, 0.15) is 5.69 Å². The van der Waals surface area contributed by atoms with Crippen molar-refractivity contribution in [3.05, 3.63) is 42.2 Å². The van der Waals surface area contributed by atoms with Gasteiger partial charge < -0.3 is 10.2 Å². The third kappa shape index (κ3) is 1.82. The quantitative estimate of drug-likeness (QED) is 0.810. The van der Waals surface area contributed by atoms with E-state index < -0.39 is 0 Å². The fourth-order valence-corrected chi connectivity index (χ4v) is 2.05. The van der Waals surface area contributed by atoms with Crippen LogP contribution >= 0.6 is 0 Å². The van der Waals surface area contributed by atoms with Gasteiger partial charge in [0.15, 0.2) is 0 Å². The summed E-state index contributed by atoms with van der Waals surface area (Å²) in [6, 6.07) is 10.2. The van der Waals surface area contributed by atoms with E-state index in [0.29, 0.717) is 0 Å². The molecule has 0 radical (unpaired) electrons. The summed E-state index contributed by atoms with van der Waals surface area (Å²) in [6.45, 7) is 3.79. The number of anilines is 3. The lowest BCUT2D eigenvalue weighted by atomic mass is 10.2. The molecule has 0 atom stereocenters. The van der Waals surface area contributed by atoms with Crippen LogP contribution in [-0.4, -0.2) is 23.1 Å². The predicted octanol–water partition coefficient (Wildman–Crippen LogP) is 2.35. The van der Waals surface area contributed by atoms with Crippen molar-refractivity contribution in [1.29, 1.82) is 0 Å². The molecule has 1 aliphatic rings. The summed E-state index contributed by atoms with van der Waals surface area (Å²) >= 11 is 0. The van der Waals surface area contributed by atoms with E-state index in [4.69, 9.17) is 0 Å². The number of hydrogen-bond acceptors (Lipinski definition) is 4. The number of para-hydroxylation sites is 2. The van der Waals surface area contributed by atoms with Gasteiger partial charge in [-0.25, -0.2) is 9.97 Å². The Morgan fingerprint density at radius 2 is 2.12 bits per heavy atom. The van der Waals surface area contributed by atoms with Gasteiger partial charge in [0.05, 0.1) is 11.4 Å². The first-order valence-corrected chi connectivity index (χ1v) is 5.75. The van der Waals surface area contributed by atoms with Crippen LogP contribution in [0.2, 0.25) is 0 Å². The maximum Gasteiger partial charge on any atom is 0.230 e. The lowest BCUT2D eigenvalue weighted by molar-refractivity contribution is 0.876. The molecule has 2 aromatic rings. The van der Waals surface area contributed by atoms with E-state index in [1.54, 1.807) is 0 Å². The smallest absolute Gasteiger partial charge is 0.230 e. The zero-order chi connectivity index (χ0) is 11.7. The number of fused-ring (bicyclic) bond motifs is 1. The van der Waals surface area contributed by atoms with E-state index in [1.807, 2.05) is 31.3 Å². The van der Waals surface area contributed by atoms with E-state index in [9.17, 15) is 0 Å². The molecule has 0 amide bonds. The number of nitrogens with one attached hydrogen (secondary N) is 1. The molecule has 4 heteroatoms. The summed E-state index contributed by atoms with van der Waals surface area (Å²) in [6.07, 6.45) is 1.81. The van der Waals surface area contributed by atoms with Crippen molar-refractivity contribution in [2.24, 2.45) is 0 Å². The largest absolute Gasteiger partial charge is 0.382 e. The second kappa shape index (κ2) is 4.05. The van der Waals surface area contributed by atoms with Gasteiger partial charge in [-0.1, -0.05) is 12.1 Å². The predicted molar refractivity (Wildman–Crippen MR) is 68.7 cm³/mol. The van der Waals surface area contributed by atoms with E-state index in [1.165, 1.54) is 0 Å². The highest BCUT2D eigenvalue weighted by Crippen LogP contribution is 2.32. The molecule has 1 N–H and O–H groups in total. The SMILES string of the molecule is Cc1ccnc(N2CCNc3ccccc32)n1. The second-order valence-electron chi connectivity index (χ2n) is 4.09. The highest BCUT2D eigenvalue weighted by molar-refractivity contribution is 5.76. The highest BCUT2D eigenvalue weighted by atomic mass is 15.3. The van der Waals surface area contributed by atoms with Crippen molar-refractivity contribution in [2.45, 2.75) is 6.92 Å². The molecule has 0 aliphatic carbocycles. The number of aromatic nitrogens is 2. The molecule has 0 spiro atoms. The van der Waals surface area contributed by atoms with Crippen LogP contribution in [0.4, 0.5) is 17.3 Å². The molecule has 17 heavy (non-hydrogen) atoms. The topological polar surface area (TPSA) is 41.1 Å². The van der Waals surface area contributed by atoms with Crippen molar-refractivity contribution >= 4 is 17.3 Å². The minimum absolute atomic E-state index is 0.777. The summed E-state index contributed by atoms with van der Waals surface area (Å²) in [4.78, 5) is 11.0. The molecular weight excluding hydrogens is 212 g/mol. The van der Waals surface area contributed by atoms with Crippen molar-refractivity contribution in [2.75, 3.05) is 23.3 Å². The van der Waals surface area contributed by atoms with Gasteiger partial charge in [0, 0.05) is 25.0 Å². The second-order valence-corrected chi connectivity index (χ2v) is 4.09. The van der Waals surface area contributed by atoms with Crippen molar-refractivity contribution < 1.29 is 0 Å². The maximum absolute atomic E-state index is 4.48. The standard InChI is InChI=1S/C13H14N4/c1-10-6-7-15-13(16-10)17-9-8-14-11-4-2-3-5-12(11)17/h2-7,14H,8-9H2,1H3. The van der Waals surface area contributed by atoms with Gasteiger partial charge in [-0.3, -0.25) is 0 Å². The first-order chi connectivity index (χ1) is 8.34. The number of rotatable bonds is 1. The van der Waals surface area contributed by atoms with Gasteiger partial charge in [0.2, 0.25) is 5.95 Å². The van der Waals surface area contributed by atoms with Crippen molar-refractivity contribution in [1.82, 2.24) is 9.97 Å². The molecule has 1 aliphatic heterocycles. The molecule has 1 aromatic carbocycles. The monoisotopic (exact) mass is 226 g/mol. The Bertz CT molecular complexity index is 538. The summed E-state index contributed by atoms with van der Waals surface area (Å²) in [5.41, 5.74) is 3.28. The zero-order valence-corrected chi connectivity index (χ0v) is 9.72. The highest BCUT2D eigenvalue weighted by Gasteiger charge is 2.19. The first kappa shape index (κ1) is 10.1. The molecule has 0 unspecified atom stereocenters. The molecule has 3 rings (SSSR count). The Labute approximate surface area is 100 Å². The molecule has 0 fully saturated rings. The van der Waals surface area contributed by atoms with Crippen LogP contribution in [0.3, 0.4) is 0 Å². The van der Waals surface area contributed by atoms with Crippen molar-refractivity contribution in [3.8, 4) is 0 Å². The molecule has 86 valence electrons. The van der Waals surface area contributed by atoms with Gasteiger partial charge >= 0.3 is 0 Å². The third-order valence-electron chi connectivity index (χ3n) is 2.87. The Morgan fingerprint density at radius 1 is 1.24 bits per heavy atom. The summed E-state index contributed by atoms with van der Waals surface area (Å²) < 4.78 is 0. The Kier molecular flexibility index (Phi) is 2.40. The van der Waals surface area contributed by atoms with Crippen LogP contribution < -0.4 is 10.2 Å². The molecular formula is C13H14N4. The molecule has 1 aromatic heterocycles. The fourth-order valence-electron chi connectivity index (χ4n) is 2.05. The van der Waals surface area contributed by atoms with E-state index in [2.05, 4.69) is 32.3 Å². The Morgan fingerprint density at radius 3 is 3.00 bits per heavy atom. The van der Waals surface area contributed by atoms with Gasteiger partial charge in [0.1, 0.15) is 0 Å². The minimum atomic E-state index is 0.777.